The molecule has 0 spiro atoms. The highest BCUT2D eigenvalue weighted by molar-refractivity contribution is 7.89. The number of carbonyl (C=O) groups is 1. The van der Waals surface area contributed by atoms with Crippen molar-refractivity contribution >= 4 is 27.4 Å². The summed E-state index contributed by atoms with van der Waals surface area (Å²) in [6.45, 7) is 1.76. The highest BCUT2D eigenvalue weighted by Gasteiger charge is 2.21. The molecule has 0 aliphatic carbocycles. The van der Waals surface area contributed by atoms with E-state index < -0.39 is 16.0 Å². The van der Waals surface area contributed by atoms with Crippen molar-refractivity contribution in [2.45, 2.75) is 11.1 Å². The van der Waals surface area contributed by atoms with Gasteiger partial charge in [-0.15, -0.1) is 11.3 Å². The Balaban J connectivity index is 2.44. The molecule has 0 saturated carbocycles. The highest BCUT2D eigenvalue weighted by Crippen LogP contribution is 2.26. The first-order valence-corrected chi connectivity index (χ1v) is 7.57. The van der Waals surface area contributed by atoms with Gasteiger partial charge in [-0.3, -0.25) is 4.79 Å². The van der Waals surface area contributed by atoms with Crippen LogP contribution >= 0.6 is 11.3 Å². The van der Waals surface area contributed by atoms with E-state index >= 15 is 0 Å². The lowest BCUT2D eigenvalue weighted by Gasteiger charge is -2.09. The van der Waals surface area contributed by atoms with Crippen LogP contribution in [0.15, 0.2) is 39.9 Å². The molecule has 0 bridgehead atoms. The Morgan fingerprint density at radius 1 is 1.32 bits per heavy atom. The second-order valence-corrected chi connectivity index (χ2v) is 6.55. The molecular formula is C12H11NO4S2. The molecule has 0 saturated heterocycles. The Hall–Kier alpha value is -1.86. The van der Waals surface area contributed by atoms with Crippen LogP contribution in [0.1, 0.15) is 15.9 Å². The minimum atomic E-state index is -3.93. The Morgan fingerprint density at radius 3 is 2.63 bits per heavy atom. The van der Waals surface area contributed by atoms with Crippen LogP contribution in [0.5, 0.6) is 5.75 Å². The number of hydrogen-bond donors (Lipinski definition) is 1. The quantitative estimate of drug-likeness (QED) is 0.873. The molecule has 1 amide bonds. The molecular weight excluding hydrogens is 286 g/mol. The Labute approximate surface area is 114 Å². The van der Waals surface area contributed by atoms with E-state index in [1.165, 1.54) is 18.2 Å². The van der Waals surface area contributed by atoms with E-state index in [1.54, 1.807) is 24.4 Å². The van der Waals surface area contributed by atoms with Crippen molar-refractivity contribution in [1.82, 2.24) is 0 Å². The molecule has 7 heteroatoms. The Kier molecular flexibility index (Phi) is 3.59. The number of carbonyl (C=O) groups excluding carboxylic acids is 1. The van der Waals surface area contributed by atoms with E-state index in [0.717, 1.165) is 16.9 Å². The maximum Gasteiger partial charge on any atom is 0.348 e. The summed E-state index contributed by atoms with van der Waals surface area (Å²) in [5.74, 6) is -0.794. The van der Waals surface area contributed by atoms with Crippen LogP contribution in [-0.4, -0.2) is 14.3 Å². The first-order chi connectivity index (χ1) is 8.90. The molecule has 0 radical (unpaired) electrons. The number of primary amides is 1. The summed E-state index contributed by atoms with van der Waals surface area (Å²) in [5, 5.41) is 1.63. The van der Waals surface area contributed by atoms with Crippen LogP contribution in [0.25, 0.3) is 0 Å². The minimum Gasteiger partial charge on any atom is -0.378 e. The Morgan fingerprint density at radius 2 is 2.05 bits per heavy atom. The standard InChI is InChI=1S/C12H11NO4S2/c1-8-4-5-9(12(13)14)10(7-8)17-19(15,16)11-3-2-6-18-11/h2-7H,1H3,(H2,13,14). The van der Waals surface area contributed by atoms with Crippen molar-refractivity contribution in [3.05, 3.63) is 46.8 Å². The number of benzene rings is 1. The van der Waals surface area contributed by atoms with Crippen molar-refractivity contribution in [1.29, 1.82) is 0 Å². The average Bonchev–Trinajstić information content (AvgIpc) is 2.81. The fraction of sp³-hybridized carbons (Fsp3) is 0.0833. The van der Waals surface area contributed by atoms with E-state index in [1.807, 2.05) is 0 Å². The molecule has 1 heterocycles. The maximum absolute atomic E-state index is 12.0. The summed E-state index contributed by atoms with van der Waals surface area (Å²) in [7, 11) is -3.93. The lowest BCUT2D eigenvalue weighted by atomic mass is 10.1. The smallest absolute Gasteiger partial charge is 0.348 e. The van der Waals surface area contributed by atoms with Crippen molar-refractivity contribution in [2.75, 3.05) is 0 Å². The number of amides is 1. The van der Waals surface area contributed by atoms with Gasteiger partial charge < -0.3 is 9.92 Å². The van der Waals surface area contributed by atoms with Gasteiger partial charge in [0.15, 0.2) is 9.96 Å². The zero-order valence-corrected chi connectivity index (χ0v) is 11.6. The number of hydrogen-bond acceptors (Lipinski definition) is 5. The van der Waals surface area contributed by atoms with Crippen molar-refractivity contribution in [3.8, 4) is 5.75 Å². The fourth-order valence-corrected chi connectivity index (χ4v) is 3.36. The van der Waals surface area contributed by atoms with Crippen LogP contribution in [0, 0.1) is 6.92 Å². The summed E-state index contributed by atoms with van der Waals surface area (Å²) in [6, 6.07) is 7.60. The van der Waals surface area contributed by atoms with E-state index in [9.17, 15) is 13.2 Å². The van der Waals surface area contributed by atoms with Gasteiger partial charge in [-0.1, -0.05) is 12.1 Å². The van der Waals surface area contributed by atoms with Gasteiger partial charge in [0.25, 0.3) is 5.91 Å². The summed E-state index contributed by atoms with van der Waals surface area (Å²) >= 11 is 1.04. The normalized spacial score (nSPS) is 11.2. The predicted molar refractivity (Wildman–Crippen MR) is 71.8 cm³/mol. The molecule has 0 aliphatic rings. The van der Waals surface area contributed by atoms with Crippen LogP contribution in [-0.2, 0) is 10.1 Å². The largest absolute Gasteiger partial charge is 0.378 e. The molecule has 2 aromatic rings. The fourth-order valence-electron chi connectivity index (χ4n) is 1.47. The number of thiophene rings is 1. The van der Waals surface area contributed by atoms with Gasteiger partial charge >= 0.3 is 10.1 Å². The first-order valence-electron chi connectivity index (χ1n) is 5.28. The SMILES string of the molecule is Cc1ccc(C(N)=O)c(OS(=O)(=O)c2cccs2)c1. The molecule has 5 nitrogen and oxygen atoms in total. The lowest BCUT2D eigenvalue weighted by molar-refractivity contribution is 0.0999. The van der Waals surface area contributed by atoms with Gasteiger partial charge in [-0.05, 0) is 36.1 Å². The van der Waals surface area contributed by atoms with E-state index in [0.29, 0.717) is 0 Å². The Bertz CT molecular complexity index is 705. The van der Waals surface area contributed by atoms with Crippen molar-refractivity contribution in [3.63, 3.8) is 0 Å². The maximum atomic E-state index is 12.0. The third kappa shape index (κ3) is 2.94. The zero-order chi connectivity index (χ0) is 14.0. The third-order valence-corrected chi connectivity index (χ3v) is 4.93. The molecule has 19 heavy (non-hydrogen) atoms. The minimum absolute atomic E-state index is 0.0331. The average molecular weight is 297 g/mol. The number of rotatable bonds is 4. The van der Waals surface area contributed by atoms with Crippen LogP contribution < -0.4 is 9.92 Å². The van der Waals surface area contributed by atoms with Crippen LogP contribution in [0.2, 0.25) is 0 Å². The molecule has 1 aromatic heterocycles. The first kappa shape index (κ1) is 13.6. The highest BCUT2D eigenvalue weighted by atomic mass is 32.3. The van der Waals surface area contributed by atoms with E-state index in [4.69, 9.17) is 9.92 Å². The summed E-state index contributed by atoms with van der Waals surface area (Å²) in [5.41, 5.74) is 5.99. The second-order valence-electron chi connectivity index (χ2n) is 3.83. The molecule has 100 valence electrons. The molecule has 0 unspecified atom stereocenters. The van der Waals surface area contributed by atoms with Crippen molar-refractivity contribution < 1.29 is 17.4 Å². The summed E-state index contributed by atoms with van der Waals surface area (Å²) < 4.78 is 29.0. The lowest BCUT2D eigenvalue weighted by Crippen LogP contribution is -2.16. The van der Waals surface area contributed by atoms with Gasteiger partial charge in [0.1, 0.15) is 0 Å². The molecule has 2 N–H and O–H groups in total. The molecule has 0 atom stereocenters. The number of nitrogens with two attached hydrogens (primary N) is 1. The third-order valence-electron chi connectivity index (χ3n) is 2.34. The second kappa shape index (κ2) is 5.02. The molecule has 1 aromatic carbocycles. The van der Waals surface area contributed by atoms with E-state index in [-0.39, 0.29) is 15.5 Å². The summed E-state index contributed by atoms with van der Waals surface area (Å²) in [6.07, 6.45) is 0. The van der Waals surface area contributed by atoms with Crippen LogP contribution in [0.4, 0.5) is 0 Å². The van der Waals surface area contributed by atoms with Gasteiger partial charge in [0.05, 0.1) is 5.56 Å². The van der Waals surface area contributed by atoms with Gasteiger partial charge in [-0.25, -0.2) is 0 Å². The van der Waals surface area contributed by atoms with Crippen LogP contribution in [0.3, 0.4) is 0 Å². The molecule has 2 rings (SSSR count). The predicted octanol–water partition coefficient (Wildman–Crippen LogP) is 1.92. The van der Waals surface area contributed by atoms with E-state index in [2.05, 4.69) is 0 Å². The summed E-state index contributed by atoms with van der Waals surface area (Å²) in [4.78, 5) is 11.3. The van der Waals surface area contributed by atoms with Gasteiger partial charge in [0, 0.05) is 0 Å². The monoisotopic (exact) mass is 297 g/mol. The topological polar surface area (TPSA) is 86.5 Å². The van der Waals surface area contributed by atoms with Gasteiger partial charge in [-0.2, -0.15) is 8.42 Å². The van der Waals surface area contributed by atoms with Gasteiger partial charge in [0.2, 0.25) is 0 Å². The zero-order valence-electron chi connectivity index (χ0n) is 9.99. The molecule has 0 aliphatic heterocycles. The number of aryl methyl sites for hydroxylation is 1. The molecule has 0 fully saturated rings. The van der Waals surface area contributed by atoms with Crippen molar-refractivity contribution in [2.24, 2.45) is 5.73 Å².